The van der Waals surface area contributed by atoms with Gasteiger partial charge in [0.1, 0.15) is 23.7 Å². The van der Waals surface area contributed by atoms with Crippen molar-refractivity contribution in [2.24, 2.45) is 17.8 Å². The first kappa shape index (κ1) is 28.7. The van der Waals surface area contributed by atoms with Crippen molar-refractivity contribution in [3.63, 3.8) is 0 Å². The molecule has 1 aliphatic heterocycles. The normalized spacial score (nSPS) is 19.4. The maximum atomic E-state index is 10.8. The highest BCUT2D eigenvalue weighted by Crippen LogP contribution is 2.45. The van der Waals surface area contributed by atoms with Gasteiger partial charge in [-0.2, -0.15) is 0 Å². The Bertz CT molecular complexity index is 782. The molecular weight excluding hydrogens is 420 g/mol. The van der Waals surface area contributed by atoms with Gasteiger partial charge in [-0.3, -0.25) is 4.79 Å². The molecule has 2 rings (SSSR count). The van der Waals surface area contributed by atoms with Crippen molar-refractivity contribution in [3.8, 4) is 11.5 Å². The fourth-order valence-electron chi connectivity index (χ4n) is 5.59. The monoisotopic (exact) mass is 472 g/mol. The third-order valence-corrected chi connectivity index (χ3v) is 8.13. The van der Waals surface area contributed by atoms with Crippen molar-refractivity contribution in [1.82, 2.24) is 0 Å². The molecule has 194 valence electrons. The minimum Gasteiger partial charge on any atom is -0.487 e. The summed E-state index contributed by atoms with van der Waals surface area (Å²) in [5, 5.41) is 0. The minimum absolute atomic E-state index is 0.0908. The Labute approximate surface area is 210 Å². The Morgan fingerprint density at radius 3 is 2.06 bits per heavy atom. The van der Waals surface area contributed by atoms with Gasteiger partial charge in [0.2, 0.25) is 0 Å². The second-order valence-electron chi connectivity index (χ2n) is 11.9. The fourth-order valence-corrected chi connectivity index (χ4v) is 5.59. The minimum atomic E-state index is -0.0908. The predicted molar refractivity (Wildman–Crippen MR) is 144 cm³/mol. The second kappa shape index (κ2) is 13.5. The van der Waals surface area contributed by atoms with Gasteiger partial charge in [0.25, 0.3) is 0 Å². The van der Waals surface area contributed by atoms with Gasteiger partial charge >= 0.3 is 0 Å². The van der Waals surface area contributed by atoms with E-state index in [0.29, 0.717) is 0 Å². The van der Waals surface area contributed by atoms with Crippen LogP contribution in [0.15, 0.2) is 0 Å². The van der Waals surface area contributed by atoms with Crippen LogP contribution in [0.3, 0.4) is 0 Å². The predicted octanol–water partition coefficient (Wildman–Crippen LogP) is 8.71. The number of benzene rings is 1. The fraction of sp³-hybridized carbons (Fsp3) is 0.774. The Morgan fingerprint density at radius 1 is 0.882 bits per heavy atom. The Hall–Kier alpha value is -1.51. The van der Waals surface area contributed by atoms with Crippen LogP contribution in [0.4, 0.5) is 0 Å². The zero-order valence-corrected chi connectivity index (χ0v) is 23.5. The molecule has 0 bridgehead atoms. The van der Waals surface area contributed by atoms with Crippen molar-refractivity contribution < 1.29 is 14.3 Å². The van der Waals surface area contributed by atoms with E-state index in [4.69, 9.17) is 9.47 Å². The molecule has 34 heavy (non-hydrogen) atoms. The molecule has 0 fully saturated rings. The summed E-state index contributed by atoms with van der Waals surface area (Å²) in [6, 6.07) is 0. The molecule has 1 aromatic rings. The molecule has 0 aromatic heterocycles. The average molecular weight is 473 g/mol. The maximum absolute atomic E-state index is 10.8. The smallest absolute Gasteiger partial charge is 0.157 e. The van der Waals surface area contributed by atoms with Gasteiger partial charge < -0.3 is 9.47 Å². The maximum Gasteiger partial charge on any atom is 0.157 e. The summed E-state index contributed by atoms with van der Waals surface area (Å²) in [5.74, 6) is 4.43. The Kier molecular flexibility index (Phi) is 11.4. The van der Waals surface area contributed by atoms with E-state index in [1.54, 1.807) is 0 Å². The number of hydrogen-bond donors (Lipinski definition) is 0. The lowest BCUT2D eigenvalue weighted by molar-refractivity contribution is -0.109. The van der Waals surface area contributed by atoms with Crippen LogP contribution in [-0.2, 0) is 11.2 Å². The van der Waals surface area contributed by atoms with Crippen molar-refractivity contribution >= 4 is 6.29 Å². The standard InChI is InChI=1S/C31H52O3/c1-22(2)12-9-13-23(3)14-10-15-24(4)16-11-18-31(8)19-17-28-27(7)29(33-21-20-32)25(5)26(6)30(28)34-31/h20,22-24H,9-19,21H2,1-8H3/t23-,24-,31-/m1/s1. The van der Waals surface area contributed by atoms with E-state index in [1.807, 2.05) is 0 Å². The van der Waals surface area contributed by atoms with E-state index in [1.165, 1.54) is 56.9 Å². The summed E-state index contributed by atoms with van der Waals surface area (Å²) in [5.41, 5.74) is 4.55. The molecule has 1 heterocycles. The summed E-state index contributed by atoms with van der Waals surface area (Å²) in [4.78, 5) is 10.8. The molecule has 3 nitrogen and oxygen atoms in total. The van der Waals surface area contributed by atoms with E-state index in [-0.39, 0.29) is 12.2 Å². The molecule has 0 unspecified atom stereocenters. The molecule has 0 spiro atoms. The highest BCUT2D eigenvalue weighted by molar-refractivity contribution is 5.60. The zero-order valence-electron chi connectivity index (χ0n) is 23.5. The topological polar surface area (TPSA) is 35.5 Å². The van der Waals surface area contributed by atoms with Crippen molar-refractivity contribution in [3.05, 3.63) is 22.3 Å². The second-order valence-corrected chi connectivity index (χ2v) is 11.9. The number of hydrogen-bond acceptors (Lipinski definition) is 3. The van der Waals surface area contributed by atoms with E-state index in [9.17, 15) is 4.79 Å². The molecule has 0 amide bonds. The summed E-state index contributed by atoms with van der Waals surface area (Å²) in [6.45, 7) is 18.2. The molecule has 0 radical (unpaired) electrons. The molecule has 3 heteroatoms. The first-order valence-electron chi connectivity index (χ1n) is 14.0. The number of aldehydes is 1. The van der Waals surface area contributed by atoms with Crippen LogP contribution < -0.4 is 9.47 Å². The quantitative estimate of drug-likeness (QED) is 0.239. The van der Waals surface area contributed by atoms with Crippen LogP contribution in [-0.4, -0.2) is 18.5 Å². The lowest BCUT2D eigenvalue weighted by atomic mass is 9.83. The van der Waals surface area contributed by atoms with Crippen molar-refractivity contribution in [1.29, 1.82) is 0 Å². The van der Waals surface area contributed by atoms with Gasteiger partial charge in [-0.1, -0.05) is 72.6 Å². The van der Waals surface area contributed by atoms with Gasteiger partial charge in [0, 0.05) is 5.56 Å². The molecule has 0 N–H and O–H groups in total. The average Bonchev–Trinajstić information content (AvgIpc) is 2.77. The number of carbonyl (C=O) groups excluding carboxylic acids is 1. The van der Waals surface area contributed by atoms with Crippen LogP contribution in [0, 0.1) is 38.5 Å². The van der Waals surface area contributed by atoms with Gasteiger partial charge in [-0.05, 0) is 87.8 Å². The molecule has 0 saturated heterocycles. The SMILES string of the molecule is Cc1c(C)c2c(c(C)c1OCC=O)CC[C@@](C)(CCC[C@H](C)CCC[C@H](C)CCCC(C)C)O2. The first-order chi connectivity index (χ1) is 16.1. The van der Waals surface area contributed by atoms with E-state index in [2.05, 4.69) is 55.4 Å². The van der Waals surface area contributed by atoms with E-state index >= 15 is 0 Å². The third-order valence-electron chi connectivity index (χ3n) is 8.13. The van der Waals surface area contributed by atoms with Crippen molar-refractivity contribution in [2.75, 3.05) is 6.61 Å². The molecule has 0 aliphatic carbocycles. The van der Waals surface area contributed by atoms with Gasteiger partial charge in [-0.25, -0.2) is 0 Å². The number of ether oxygens (including phenoxy) is 2. The van der Waals surface area contributed by atoms with Crippen molar-refractivity contribution in [2.45, 2.75) is 132 Å². The number of carbonyl (C=O) groups is 1. The van der Waals surface area contributed by atoms with E-state index in [0.717, 1.165) is 71.5 Å². The third kappa shape index (κ3) is 8.31. The molecule has 0 saturated carbocycles. The lowest BCUT2D eigenvalue weighted by Crippen LogP contribution is -2.37. The highest BCUT2D eigenvalue weighted by atomic mass is 16.5. The van der Waals surface area contributed by atoms with Crippen LogP contribution in [0.1, 0.15) is 121 Å². The van der Waals surface area contributed by atoms with Gasteiger partial charge in [-0.15, -0.1) is 0 Å². The van der Waals surface area contributed by atoms with Crippen LogP contribution in [0.2, 0.25) is 0 Å². The molecule has 1 aromatic carbocycles. The van der Waals surface area contributed by atoms with Crippen LogP contribution in [0.5, 0.6) is 11.5 Å². The van der Waals surface area contributed by atoms with Gasteiger partial charge in [0.05, 0.1) is 0 Å². The summed E-state index contributed by atoms with van der Waals surface area (Å²) in [6.07, 6.45) is 14.8. The largest absolute Gasteiger partial charge is 0.487 e. The number of fused-ring (bicyclic) bond motifs is 1. The molecular formula is C31H52O3. The van der Waals surface area contributed by atoms with Crippen LogP contribution in [0.25, 0.3) is 0 Å². The summed E-state index contributed by atoms with van der Waals surface area (Å²) < 4.78 is 12.5. The summed E-state index contributed by atoms with van der Waals surface area (Å²) in [7, 11) is 0. The molecule has 1 aliphatic rings. The lowest BCUT2D eigenvalue weighted by Gasteiger charge is -2.38. The number of rotatable bonds is 15. The Morgan fingerprint density at radius 2 is 1.47 bits per heavy atom. The zero-order chi connectivity index (χ0) is 25.3. The highest BCUT2D eigenvalue weighted by Gasteiger charge is 2.34. The Balaban J connectivity index is 1.81. The first-order valence-corrected chi connectivity index (χ1v) is 14.0. The van der Waals surface area contributed by atoms with E-state index < -0.39 is 0 Å². The van der Waals surface area contributed by atoms with Crippen LogP contribution >= 0.6 is 0 Å². The summed E-state index contributed by atoms with van der Waals surface area (Å²) >= 11 is 0. The van der Waals surface area contributed by atoms with Gasteiger partial charge in [0.15, 0.2) is 6.29 Å². The molecule has 3 atom stereocenters.